The number of halogens is 1. The van der Waals surface area contributed by atoms with Crippen LogP contribution in [0.5, 0.6) is 0 Å². The Morgan fingerprint density at radius 2 is 1.58 bits per heavy atom. The number of fused-ring (bicyclic) bond motifs is 3. The second kappa shape index (κ2) is 14.8. The van der Waals surface area contributed by atoms with E-state index in [9.17, 15) is 19.7 Å². The molecule has 0 spiro atoms. The molecule has 3 aliphatic rings. The lowest BCUT2D eigenvalue weighted by molar-refractivity contribution is -0.384. The second-order valence-electron chi connectivity index (χ2n) is 12.3. The van der Waals surface area contributed by atoms with Crippen molar-refractivity contribution in [2.45, 2.75) is 89.7 Å². The molecule has 0 N–H and O–H groups in total. The molecule has 0 unspecified atom stereocenters. The van der Waals surface area contributed by atoms with E-state index in [2.05, 4.69) is 10.2 Å². The molecule has 48 heavy (non-hydrogen) atoms. The van der Waals surface area contributed by atoms with Gasteiger partial charge in [0, 0.05) is 24.4 Å². The maximum Gasteiger partial charge on any atom is 0.306 e. The van der Waals surface area contributed by atoms with Gasteiger partial charge < -0.3 is 38.1 Å². The molecule has 2 aromatic rings. The van der Waals surface area contributed by atoms with Crippen LogP contribution in [0.2, 0.25) is 5.02 Å². The van der Waals surface area contributed by atoms with Gasteiger partial charge in [0.1, 0.15) is 43.3 Å². The average molecular weight is 691 g/mol. The fourth-order valence-electron chi connectivity index (χ4n) is 5.65. The molecule has 0 saturated carbocycles. The van der Waals surface area contributed by atoms with Gasteiger partial charge in [-0.3, -0.25) is 19.7 Å². The SMILES string of the molecule is CCN(CCOC(=O)CCC(=O)OC[C@@H]1OC(C)(C)O[C@@H]2[C@H]3OC(C)(C)O[C@H]3O[C@@H]21)c1ccc(N=Nc2ccc([N+](=O)[O-])cc2Cl)cc1. The first-order valence-electron chi connectivity index (χ1n) is 15.6. The molecule has 0 bridgehead atoms. The minimum absolute atomic E-state index is 0.0823. The van der Waals surface area contributed by atoms with Crippen molar-refractivity contribution < 1.29 is 47.7 Å². The van der Waals surface area contributed by atoms with E-state index in [1.54, 1.807) is 39.8 Å². The molecule has 3 saturated heterocycles. The number of non-ortho nitro benzene ring substituents is 1. The Kier molecular flexibility index (Phi) is 11.0. The zero-order valence-electron chi connectivity index (χ0n) is 27.3. The summed E-state index contributed by atoms with van der Waals surface area (Å²) in [6.07, 6.45) is -2.95. The molecule has 0 aromatic heterocycles. The maximum atomic E-state index is 12.5. The van der Waals surface area contributed by atoms with Crippen LogP contribution < -0.4 is 4.90 Å². The van der Waals surface area contributed by atoms with E-state index in [1.165, 1.54) is 18.2 Å². The lowest BCUT2D eigenvalue weighted by Gasteiger charge is -2.43. The summed E-state index contributed by atoms with van der Waals surface area (Å²) in [7, 11) is 0. The van der Waals surface area contributed by atoms with Crippen LogP contribution in [0.1, 0.15) is 47.5 Å². The van der Waals surface area contributed by atoms with Crippen LogP contribution in [0.4, 0.5) is 22.7 Å². The summed E-state index contributed by atoms with van der Waals surface area (Å²) in [6.45, 7) is 10.2. The van der Waals surface area contributed by atoms with E-state index in [0.717, 1.165) is 5.69 Å². The van der Waals surface area contributed by atoms with Gasteiger partial charge in [-0.15, -0.1) is 5.11 Å². The van der Waals surface area contributed by atoms with Crippen LogP contribution in [0, 0.1) is 10.1 Å². The van der Waals surface area contributed by atoms with Crippen LogP contribution >= 0.6 is 11.6 Å². The molecule has 15 nitrogen and oxygen atoms in total. The fourth-order valence-corrected chi connectivity index (χ4v) is 5.86. The summed E-state index contributed by atoms with van der Waals surface area (Å²) in [4.78, 5) is 37.2. The number of nitro benzene ring substituents is 1. The predicted octanol–water partition coefficient (Wildman–Crippen LogP) is 5.75. The number of hydrogen-bond acceptors (Lipinski definition) is 14. The lowest BCUT2D eigenvalue weighted by atomic mass is 10.0. The molecule has 5 atom stereocenters. The van der Waals surface area contributed by atoms with Crippen molar-refractivity contribution in [2.75, 3.05) is 31.2 Å². The number of esters is 2. The summed E-state index contributed by atoms with van der Waals surface area (Å²) in [5, 5.41) is 19.2. The zero-order chi connectivity index (χ0) is 34.6. The van der Waals surface area contributed by atoms with E-state index < -0.39 is 59.1 Å². The van der Waals surface area contributed by atoms with Gasteiger partial charge in [0.25, 0.3) is 5.69 Å². The van der Waals surface area contributed by atoms with Crippen LogP contribution in [0.3, 0.4) is 0 Å². The fraction of sp³-hybridized carbons (Fsp3) is 0.562. The number of carbonyl (C=O) groups is 2. The number of rotatable bonds is 13. The number of carbonyl (C=O) groups excluding carboxylic acids is 2. The highest BCUT2D eigenvalue weighted by molar-refractivity contribution is 6.33. The van der Waals surface area contributed by atoms with E-state index in [-0.39, 0.29) is 36.8 Å². The van der Waals surface area contributed by atoms with Gasteiger partial charge in [0.05, 0.1) is 35.0 Å². The minimum atomic E-state index is -0.956. The van der Waals surface area contributed by atoms with Crippen molar-refractivity contribution in [1.29, 1.82) is 0 Å². The van der Waals surface area contributed by atoms with Crippen molar-refractivity contribution in [3.05, 3.63) is 57.6 Å². The number of likely N-dealkylation sites (N-methyl/N-ethyl adjacent to an activating group) is 1. The smallest absolute Gasteiger partial charge is 0.306 e. The third kappa shape index (κ3) is 8.84. The highest BCUT2D eigenvalue weighted by atomic mass is 35.5. The van der Waals surface area contributed by atoms with Gasteiger partial charge in [0.15, 0.2) is 17.9 Å². The Balaban J connectivity index is 1.02. The summed E-state index contributed by atoms with van der Waals surface area (Å²) >= 11 is 6.08. The molecule has 0 radical (unpaired) electrons. The van der Waals surface area contributed by atoms with E-state index in [1.807, 2.05) is 24.0 Å². The second-order valence-corrected chi connectivity index (χ2v) is 12.7. The van der Waals surface area contributed by atoms with Crippen molar-refractivity contribution in [2.24, 2.45) is 10.2 Å². The van der Waals surface area contributed by atoms with E-state index in [0.29, 0.717) is 24.5 Å². The Labute approximate surface area is 282 Å². The van der Waals surface area contributed by atoms with Crippen molar-refractivity contribution in [3.63, 3.8) is 0 Å². The van der Waals surface area contributed by atoms with Gasteiger partial charge in [-0.05, 0) is 65.0 Å². The molecule has 0 aliphatic carbocycles. The molecule has 0 amide bonds. The predicted molar refractivity (Wildman–Crippen MR) is 170 cm³/mol. The van der Waals surface area contributed by atoms with Gasteiger partial charge in [0.2, 0.25) is 0 Å². The van der Waals surface area contributed by atoms with E-state index >= 15 is 0 Å². The summed E-state index contributed by atoms with van der Waals surface area (Å²) < 4.78 is 40.7. The van der Waals surface area contributed by atoms with E-state index in [4.69, 9.17) is 44.8 Å². The first-order chi connectivity index (χ1) is 22.7. The first-order valence-corrected chi connectivity index (χ1v) is 16.0. The quantitative estimate of drug-likeness (QED) is 0.108. The topological polar surface area (TPSA) is 170 Å². The third-order valence-corrected chi connectivity index (χ3v) is 8.13. The molecule has 16 heteroatoms. The molecular weight excluding hydrogens is 652 g/mol. The summed E-state index contributed by atoms with van der Waals surface area (Å²) in [6, 6.07) is 11.2. The van der Waals surface area contributed by atoms with Crippen LogP contribution in [0.15, 0.2) is 52.7 Å². The Hall–Kier alpha value is -3.73. The van der Waals surface area contributed by atoms with Gasteiger partial charge in [-0.1, -0.05) is 11.6 Å². The molecule has 3 fully saturated rings. The minimum Gasteiger partial charge on any atom is -0.464 e. The van der Waals surface area contributed by atoms with Crippen LogP contribution in [-0.4, -0.2) is 85.4 Å². The van der Waals surface area contributed by atoms with Crippen molar-refractivity contribution >= 4 is 46.3 Å². The molecule has 3 heterocycles. The third-order valence-electron chi connectivity index (χ3n) is 7.83. The highest BCUT2D eigenvalue weighted by Gasteiger charge is 2.61. The molecule has 5 rings (SSSR count). The number of ether oxygens (including phenoxy) is 7. The molecule has 260 valence electrons. The Morgan fingerprint density at radius 3 is 2.25 bits per heavy atom. The lowest BCUT2D eigenvalue weighted by Crippen LogP contribution is -2.57. The normalized spacial score (nSPS) is 25.3. The maximum absolute atomic E-state index is 12.5. The first kappa shape index (κ1) is 35.6. The van der Waals surface area contributed by atoms with Gasteiger partial charge in [-0.25, -0.2) is 0 Å². The zero-order valence-corrected chi connectivity index (χ0v) is 28.1. The van der Waals surface area contributed by atoms with Crippen molar-refractivity contribution in [1.82, 2.24) is 0 Å². The molecule has 2 aromatic carbocycles. The monoisotopic (exact) mass is 690 g/mol. The number of anilines is 1. The Bertz CT molecular complexity index is 1520. The average Bonchev–Trinajstić information content (AvgIpc) is 3.51. The van der Waals surface area contributed by atoms with Crippen LogP contribution in [-0.2, 0) is 42.7 Å². The number of benzene rings is 2. The molecular formula is C32H39ClN4O11. The molecule has 3 aliphatic heterocycles. The number of azo groups is 1. The summed E-state index contributed by atoms with van der Waals surface area (Å²) in [5.74, 6) is -2.84. The van der Waals surface area contributed by atoms with Crippen LogP contribution in [0.25, 0.3) is 0 Å². The summed E-state index contributed by atoms with van der Waals surface area (Å²) in [5.41, 5.74) is 1.61. The largest absolute Gasteiger partial charge is 0.464 e. The highest BCUT2D eigenvalue weighted by Crippen LogP contribution is 2.44. The van der Waals surface area contributed by atoms with Gasteiger partial charge >= 0.3 is 11.9 Å². The number of hydrogen-bond donors (Lipinski definition) is 0. The standard InChI is InChI=1S/C32H39ClN4O11/c1-6-36(20-9-7-19(8-10-20)34-35-23-12-11-21(37(40)41)17-22(23)33)15-16-42-25(38)13-14-26(39)43-18-24-27-28(46-31(2,3)45-24)29-30(44-27)48-32(4,5)47-29/h7-12,17,24,27-30H,6,13-16,18H2,1-5H3/t24-,27+,28-,29+,30+/m0/s1. The van der Waals surface area contributed by atoms with Gasteiger partial charge in [-0.2, -0.15) is 5.11 Å². The Morgan fingerprint density at radius 1 is 0.917 bits per heavy atom. The van der Waals surface area contributed by atoms with Crippen molar-refractivity contribution in [3.8, 4) is 0 Å². The number of nitrogens with zero attached hydrogens (tertiary/aromatic N) is 4. The number of nitro groups is 1.